The second kappa shape index (κ2) is 5.31. The number of benzene rings is 1. The fraction of sp³-hybridized carbons (Fsp3) is 0.500. The summed E-state index contributed by atoms with van der Waals surface area (Å²) in [7, 11) is 0. The molecule has 1 aliphatic rings. The van der Waals surface area contributed by atoms with Crippen LogP contribution in [0.3, 0.4) is 0 Å². The fourth-order valence-corrected chi connectivity index (χ4v) is 2.29. The van der Waals surface area contributed by atoms with E-state index in [1.807, 2.05) is 18.2 Å². The highest BCUT2D eigenvalue weighted by Gasteiger charge is 2.22. The van der Waals surface area contributed by atoms with E-state index in [9.17, 15) is 0 Å². The first-order valence-electron chi connectivity index (χ1n) is 6.18. The van der Waals surface area contributed by atoms with Crippen LogP contribution in [0.15, 0.2) is 24.3 Å². The summed E-state index contributed by atoms with van der Waals surface area (Å²) in [6.45, 7) is 7.60. The molecule has 3 nitrogen and oxygen atoms in total. The maximum absolute atomic E-state index is 8.92. The smallest absolute Gasteiger partial charge is 0.0991 e. The minimum absolute atomic E-state index is 0.347. The molecule has 1 atom stereocenters. The van der Waals surface area contributed by atoms with Crippen molar-refractivity contribution in [2.75, 3.05) is 19.6 Å². The van der Waals surface area contributed by atoms with Gasteiger partial charge in [-0.2, -0.15) is 5.26 Å². The Hall–Kier alpha value is -1.37. The van der Waals surface area contributed by atoms with E-state index in [0.29, 0.717) is 12.1 Å². The number of hydrogen-bond donors (Lipinski definition) is 1. The topological polar surface area (TPSA) is 39.1 Å². The van der Waals surface area contributed by atoms with Gasteiger partial charge in [0.1, 0.15) is 0 Å². The zero-order chi connectivity index (χ0) is 12.3. The average Bonchev–Trinajstić information content (AvgIpc) is 2.39. The number of nitrogens with zero attached hydrogens (tertiary/aromatic N) is 2. The zero-order valence-electron chi connectivity index (χ0n) is 10.5. The van der Waals surface area contributed by atoms with E-state index in [4.69, 9.17) is 5.26 Å². The maximum Gasteiger partial charge on any atom is 0.0991 e. The van der Waals surface area contributed by atoms with Crippen LogP contribution in [0.25, 0.3) is 0 Å². The molecule has 0 saturated carbocycles. The van der Waals surface area contributed by atoms with Crippen LogP contribution in [0.4, 0.5) is 0 Å². The molecule has 3 heteroatoms. The molecule has 2 rings (SSSR count). The Labute approximate surface area is 103 Å². The first kappa shape index (κ1) is 12.1. The predicted molar refractivity (Wildman–Crippen MR) is 68.6 cm³/mol. The minimum Gasteiger partial charge on any atom is -0.308 e. The lowest BCUT2D eigenvalue weighted by Gasteiger charge is -2.36. The van der Waals surface area contributed by atoms with E-state index in [2.05, 4.69) is 36.2 Å². The lowest BCUT2D eigenvalue weighted by molar-refractivity contribution is 0.162. The van der Waals surface area contributed by atoms with Crippen LogP contribution >= 0.6 is 0 Å². The molecule has 17 heavy (non-hydrogen) atoms. The summed E-state index contributed by atoms with van der Waals surface area (Å²) in [6.07, 6.45) is 0. The van der Waals surface area contributed by atoms with Crippen molar-refractivity contribution in [1.29, 1.82) is 5.26 Å². The van der Waals surface area contributed by atoms with Crippen LogP contribution in [0.5, 0.6) is 0 Å². The molecule has 1 aromatic rings. The van der Waals surface area contributed by atoms with Crippen LogP contribution in [0.1, 0.15) is 31.0 Å². The second-order valence-corrected chi connectivity index (χ2v) is 4.83. The van der Waals surface area contributed by atoms with Crippen LogP contribution in [0.2, 0.25) is 0 Å². The van der Waals surface area contributed by atoms with Gasteiger partial charge in [-0.05, 0) is 31.5 Å². The molecular weight excluding hydrogens is 210 g/mol. The highest BCUT2D eigenvalue weighted by atomic mass is 15.2. The number of nitrogens with one attached hydrogen (secondary N) is 1. The number of rotatable bonds is 2. The van der Waals surface area contributed by atoms with Gasteiger partial charge >= 0.3 is 0 Å². The van der Waals surface area contributed by atoms with Crippen LogP contribution in [0, 0.1) is 11.3 Å². The van der Waals surface area contributed by atoms with E-state index in [1.165, 1.54) is 5.56 Å². The molecule has 0 unspecified atom stereocenters. The van der Waals surface area contributed by atoms with E-state index in [1.54, 1.807) is 0 Å². The van der Waals surface area contributed by atoms with Crippen molar-refractivity contribution in [3.63, 3.8) is 0 Å². The summed E-state index contributed by atoms with van der Waals surface area (Å²) in [5, 5.41) is 12.4. The van der Waals surface area contributed by atoms with Crippen molar-refractivity contribution >= 4 is 0 Å². The van der Waals surface area contributed by atoms with Crippen molar-refractivity contribution in [3.8, 4) is 6.07 Å². The third-order valence-electron chi connectivity index (χ3n) is 3.36. The molecule has 1 aromatic carbocycles. The van der Waals surface area contributed by atoms with Crippen LogP contribution in [-0.4, -0.2) is 30.6 Å². The lowest BCUT2D eigenvalue weighted by Crippen LogP contribution is -2.48. The van der Waals surface area contributed by atoms with Crippen molar-refractivity contribution in [3.05, 3.63) is 35.4 Å². The molecule has 90 valence electrons. The Kier molecular flexibility index (Phi) is 3.78. The summed E-state index contributed by atoms with van der Waals surface area (Å²) in [4.78, 5) is 2.47. The Bertz CT molecular complexity index is 420. The Morgan fingerprint density at radius 3 is 3.00 bits per heavy atom. The highest BCUT2D eigenvalue weighted by Crippen LogP contribution is 2.19. The summed E-state index contributed by atoms with van der Waals surface area (Å²) in [5.41, 5.74) is 1.96. The molecule has 1 saturated heterocycles. The Morgan fingerprint density at radius 2 is 2.29 bits per heavy atom. The van der Waals surface area contributed by atoms with Gasteiger partial charge in [0.15, 0.2) is 0 Å². The molecule has 1 fully saturated rings. The van der Waals surface area contributed by atoms with E-state index in [-0.39, 0.29) is 0 Å². The quantitative estimate of drug-likeness (QED) is 0.842. The Morgan fingerprint density at radius 1 is 1.47 bits per heavy atom. The first-order chi connectivity index (χ1) is 8.20. The van der Waals surface area contributed by atoms with Crippen molar-refractivity contribution in [2.24, 2.45) is 0 Å². The summed E-state index contributed by atoms with van der Waals surface area (Å²) < 4.78 is 0. The zero-order valence-corrected chi connectivity index (χ0v) is 10.5. The fourth-order valence-electron chi connectivity index (χ4n) is 2.29. The van der Waals surface area contributed by atoms with E-state index >= 15 is 0 Å². The second-order valence-electron chi connectivity index (χ2n) is 4.83. The van der Waals surface area contributed by atoms with Gasteiger partial charge < -0.3 is 5.32 Å². The van der Waals surface area contributed by atoms with Gasteiger partial charge in [-0.25, -0.2) is 0 Å². The van der Waals surface area contributed by atoms with E-state index < -0.39 is 0 Å². The van der Waals surface area contributed by atoms with Gasteiger partial charge in [-0.15, -0.1) is 0 Å². The Balaban J connectivity index is 2.13. The molecule has 0 aromatic heterocycles. The third-order valence-corrected chi connectivity index (χ3v) is 3.36. The van der Waals surface area contributed by atoms with Gasteiger partial charge in [-0.1, -0.05) is 12.1 Å². The number of piperazine rings is 1. The maximum atomic E-state index is 8.92. The van der Waals surface area contributed by atoms with Crippen LogP contribution < -0.4 is 5.32 Å². The standard InChI is InChI=1S/C14H19N3/c1-11(2)17-7-6-16-14(10-17)13-5-3-4-12(8-13)9-15/h3-5,8,11,14,16H,6-7,10H2,1-2H3/t14-/m0/s1. The lowest BCUT2D eigenvalue weighted by atomic mass is 10.0. The molecule has 0 bridgehead atoms. The highest BCUT2D eigenvalue weighted by molar-refractivity contribution is 5.34. The number of hydrogen-bond acceptors (Lipinski definition) is 3. The molecule has 0 amide bonds. The predicted octanol–water partition coefficient (Wildman–Crippen LogP) is 1.91. The average molecular weight is 229 g/mol. The van der Waals surface area contributed by atoms with Gasteiger partial charge in [0.2, 0.25) is 0 Å². The summed E-state index contributed by atoms with van der Waals surface area (Å²) in [5.74, 6) is 0. The minimum atomic E-state index is 0.347. The number of nitriles is 1. The van der Waals surface area contributed by atoms with Crippen molar-refractivity contribution in [2.45, 2.75) is 25.9 Å². The van der Waals surface area contributed by atoms with Crippen LogP contribution in [-0.2, 0) is 0 Å². The van der Waals surface area contributed by atoms with Gasteiger partial charge in [0.05, 0.1) is 11.6 Å². The molecule has 0 spiro atoms. The van der Waals surface area contributed by atoms with Gasteiger partial charge in [0, 0.05) is 31.7 Å². The molecule has 0 aliphatic carbocycles. The molecule has 1 heterocycles. The van der Waals surface area contributed by atoms with Crippen molar-refractivity contribution in [1.82, 2.24) is 10.2 Å². The molecular formula is C14H19N3. The molecule has 0 radical (unpaired) electrons. The van der Waals surface area contributed by atoms with E-state index in [0.717, 1.165) is 25.2 Å². The summed E-state index contributed by atoms with van der Waals surface area (Å²) in [6, 6.07) is 11.0. The first-order valence-corrected chi connectivity index (χ1v) is 6.18. The SMILES string of the molecule is CC(C)N1CCN[C@H](c2cccc(C#N)c2)C1. The summed E-state index contributed by atoms with van der Waals surface area (Å²) >= 11 is 0. The molecule has 1 aliphatic heterocycles. The largest absolute Gasteiger partial charge is 0.308 e. The van der Waals surface area contributed by atoms with Gasteiger partial charge in [0.25, 0.3) is 0 Å². The normalized spacial score (nSPS) is 21.4. The van der Waals surface area contributed by atoms with Gasteiger partial charge in [-0.3, -0.25) is 4.90 Å². The third kappa shape index (κ3) is 2.85. The van der Waals surface area contributed by atoms with Crippen molar-refractivity contribution < 1.29 is 0 Å². The molecule has 1 N–H and O–H groups in total. The monoisotopic (exact) mass is 229 g/mol.